The second kappa shape index (κ2) is 11.8. The van der Waals surface area contributed by atoms with Gasteiger partial charge in [-0.15, -0.1) is 0 Å². The van der Waals surface area contributed by atoms with Gasteiger partial charge in [-0.1, -0.05) is 24.8 Å². The van der Waals surface area contributed by atoms with E-state index < -0.39 is 11.9 Å². The fraction of sp³-hybridized carbons (Fsp3) is 0.172. The molecule has 1 unspecified atom stereocenters. The molecule has 0 fully saturated rings. The van der Waals surface area contributed by atoms with Crippen molar-refractivity contribution in [3.63, 3.8) is 0 Å². The lowest BCUT2D eigenvalue weighted by atomic mass is 9.83. The number of hydrogen-bond donors (Lipinski definition) is 1. The number of methoxy groups -OCH3 is 2. The van der Waals surface area contributed by atoms with Crippen LogP contribution in [0.15, 0.2) is 84.8 Å². The molecular weight excluding hydrogens is 488 g/mol. The Hall–Kier alpha value is -5.10. The summed E-state index contributed by atoms with van der Waals surface area (Å²) in [5.74, 6) is 1.64. The number of carbonyl (C=O) groups is 1. The molecule has 1 aliphatic rings. The van der Waals surface area contributed by atoms with Crippen LogP contribution in [0.25, 0.3) is 0 Å². The van der Waals surface area contributed by atoms with Crippen LogP contribution in [0.3, 0.4) is 0 Å². The van der Waals surface area contributed by atoms with E-state index in [0.29, 0.717) is 40.9 Å². The van der Waals surface area contributed by atoms with E-state index in [4.69, 9.17) is 34.2 Å². The molecule has 0 saturated carbocycles. The van der Waals surface area contributed by atoms with Gasteiger partial charge in [0.05, 0.1) is 20.1 Å². The van der Waals surface area contributed by atoms with Crippen LogP contribution in [0.2, 0.25) is 0 Å². The zero-order chi connectivity index (χ0) is 27.1. The van der Waals surface area contributed by atoms with Crippen LogP contribution in [0.4, 0.5) is 0 Å². The van der Waals surface area contributed by atoms with Gasteiger partial charge in [-0.25, -0.2) is 4.79 Å². The first-order valence-electron chi connectivity index (χ1n) is 11.6. The topological polar surface area (TPSA) is 122 Å². The third-order valence-corrected chi connectivity index (χ3v) is 5.72. The number of nitrogens with two attached hydrogens (primary N) is 1. The van der Waals surface area contributed by atoms with Gasteiger partial charge in [-0.2, -0.15) is 5.26 Å². The molecule has 3 aromatic carbocycles. The van der Waals surface area contributed by atoms with Crippen LogP contribution in [0.5, 0.6) is 34.5 Å². The lowest BCUT2D eigenvalue weighted by molar-refractivity contribution is -0.136. The standard InChI is InChI=1S/C29H26N2O7/c1-4-13-35-24-12-5-18(14-26(24)34-3)28-22-11-10-21(15-25(22)38-29(31)23(28)16-30)37-27(32)17-36-20-8-6-19(33-2)7-9-20/h4-12,14-15,28H,1,13,17,31H2,2-3H3. The molecule has 0 saturated heterocycles. The molecule has 4 rings (SSSR count). The summed E-state index contributed by atoms with van der Waals surface area (Å²) in [5.41, 5.74) is 7.78. The van der Waals surface area contributed by atoms with E-state index in [-0.39, 0.29) is 23.8 Å². The highest BCUT2D eigenvalue weighted by Crippen LogP contribution is 2.45. The number of rotatable bonds is 10. The van der Waals surface area contributed by atoms with Gasteiger partial charge in [0, 0.05) is 11.6 Å². The highest BCUT2D eigenvalue weighted by Gasteiger charge is 2.31. The quantitative estimate of drug-likeness (QED) is 0.237. The Morgan fingerprint density at radius 2 is 1.74 bits per heavy atom. The first kappa shape index (κ1) is 26.0. The zero-order valence-electron chi connectivity index (χ0n) is 20.9. The molecule has 1 aliphatic heterocycles. The maximum atomic E-state index is 12.4. The van der Waals surface area contributed by atoms with E-state index in [9.17, 15) is 10.1 Å². The smallest absolute Gasteiger partial charge is 0.349 e. The summed E-state index contributed by atoms with van der Waals surface area (Å²) in [6.45, 7) is 3.67. The fourth-order valence-corrected chi connectivity index (χ4v) is 3.95. The first-order chi connectivity index (χ1) is 18.5. The number of hydrogen-bond acceptors (Lipinski definition) is 9. The van der Waals surface area contributed by atoms with Gasteiger partial charge >= 0.3 is 5.97 Å². The Morgan fingerprint density at radius 3 is 2.42 bits per heavy atom. The molecule has 0 amide bonds. The summed E-state index contributed by atoms with van der Waals surface area (Å²) in [4.78, 5) is 12.4. The Bertz CT molecular complexity index is 1410. The molecule has 1 heterocycles. The number of allylic oxidation sites excluding steroid dienone is 1. The summed E-state index contributed by atoms with van der Waals surface area (Å²) in [6, 6.07) is 19.2. The van der Waals surface area contributed by atoms with Gasteiger partial charge < -0.3 is 34.2 Å². The average molecular weight is 515 g/mol. The van der Waals surface area contributed by atoms with E-state index >= 15 is 0 Å². The third-order valence-electron chi connectivity index (χ3n) is 5.72. The molecular formula is C29H26N2O7. The van der Waals surface area contributed by atoms with E-state index in [1.165, 1.54) is 7.11 Å². The molecule has 194 valence electrons. The summed E-state index contributed by atoms with van der Waals surface area (Å²) >= 11 is 0. The molecule has 0 aromatic heterocycles. The molecule has 0 radical (unpaired) electrons. The number of fused-ring (bicyclic) bond motifs is 1. The van der Waals surface area contributed by atoms with E-state index in [0.717, 1.165) is 5.56 Å². The van der Waals surface area contributed by atoms with Crippen LogP contribution in [-0.2, 0) is 4.79 Å². The van der Waals surface area contributed by atoms with E-state index in [1.54, 1.807) is 67.8 Å². The maximum absolute atomic E-state index is 12.4. The minimum absolute atomic E-state index is 0.0396. The van der Waals surface area contributed by atoms with Crippen molar-refractivity contribution in [2.75, 3.05) is 27.4 Å². The normalized spacial score (nSPS) is 13.9. The van der Waals surface area contributed by atoms with Crippen molar-refractivity contribution < 1.29 is 33.2 Å². The number of benzene rings is 3. The minimum atomic E-state index is -0.603. The Morgan fingerprint density at radius 1 is 1.00 bits per heavy atom. The van der Waals surface area contributed by atoms with Crippen molar-refractivity contribution in [2.45, 2.75) is 5.92 Å². The van der Waals surface area contributed by atoms with Crippen molar-refractivity contribution in [1.29, 1.82) is 5.26 Å². The summed E-state index contributed by atoms with van der Waals surface area (Å²) in [6.07, 6.45) is 1.63. The first-order valence-corrected chi connectivity index (χ1v) is 11.6. The predicted octanol–water partition coefficient (Wildman–Crippen LogP) is 4.47. The van der Waals surface area contributed by atoms with E-state index in [2.05, 4.69) is 12.6 Å². The summed E-state index contributed by atoms with van der Waals surface area (Å²) in [5, 5.41) is 9.85. The molecule has 2 N–H and O–H groups in total. The Kier molecular flexibility index (Phi) is 8.04. The van der Waals surface area contributed by atoms with Crippen molar-refractivity contribution >= 4 is 5.97 Å². The molecule has 3 aromatic rings. The summed E-state index contributed by atoms with van der Waals surface area (Å²) < 4.78 is 32.9. The largest absolute Gasteiger partial charge is 0.497 e. The lowest BCUT2D eigenvalue weighted by Gasteiger charge is -2.27. The van der Waals surface area contributed by atoms with Crippen molar-refractivity contribution in [2.24, 2.45) is 5.73 Å². The third kappa shape index (κ3) is 5.65. The molecule has 38 heavy (non-hydrogen) atoms. The fourth-order valence-electron chi connectivity index (χ4n) is 3.95. The SMILES string of the molecule is C=CCOc1ccc(C2C(C#N)=C(N)Oc3cc(OC(=O)COc4ccc(OC)cc4)ccc32)cc1OC. The highest BCUT2D eigenvalue weighted by atomic mass is 16.6. The van der Waals surface area contributed by atoms with Gasteiger partial charge in [0.15, 0.2) is 18.1 Å². The van der Waals surface area contributed by atoms with Gasteiger partial charge in [-0.05, 0) is 48.0 Å². The second-order valence-electron chi connectivity index (χ2n) is 8.07. The van der Waals surface area contributed by atoms with Crippen LogP contribution in [0, 0.1) is 11.3 Å². The molecule has 9 nitrogen and oxygen atoms in total. The Balaban J connectivity index is 1.55. The molecule has 0 bridgehead atoms. The minimum Gasteiger partial charge on any atom is -0.497 e. The van der Waals surface area contributed by atoms with Gasteiger partial charge in [0.1, 0.15) is 41.2 Å². The van der Waals surface area contributed by atoms with Crippen LogP contribution in [0.1, 0.15) is 17.0 Å². The molecule has 0 aliphatic carbocycles. The van der Waals surface area contributed by atoms with Crippen LogP contribution < -0.4 is 34.2 Å². The second-order valence-corrected chi connectivity index (χ2v) is 8.07. The zero-order valence-corrected chi connectivity index (χ0v) is 20.9. The molecule has 1 atom stereocenters. The number of ether oxygens (including phenoxy) is 6. The van der Waals surface area contributed by atoms with Crippen LogP contribution in [-0.4, -0.2) is 33.4 Å². The number of nitrogens with zero attached hydrogens (tertiary/aromatic N) is 1. The van der Waals surface area contributed by atoms with E-state index in [1.807, 2.05) is 6.07 Å². The number of carbonyl (C=O) groups excluding carboxylic acids is 1. The highest BCUT2D eigenvalue weighted by molar-refractivity contribution is 5.74. The van der Waals surface area contributed by atoms with Gasteiger partial charge in [0.2, 0.25) is 5.88 Å². The monoisotopic (exact) mass is 514 g/mol. The van der Waals surface area contributed by atoms with Crippen LogP contribution >= 0.6 is 0 Å². The molecule has 9 heteroatoms. The van der Waals surface area contributed by atoms with Crippen molar-refractivity contribution in [3.8, 4) is 40.6 Å². The predicted molar refractivity (Wildman–Crippen MR) is 139 cm³/mol. The molecule has 0 spiro atoms. The maximum Gasteiger partial charge on any atom is 0.349 e. The van der Waals surface area contributed by atoms with Gasteiger partial charge in [-0.3, -0.25) is 0 Å². The number of nitriles is 1. The summed E-state index contributed by atoms with van der Waals surface area (Å²) in [7, 11) is 3.10. The van der Waals surface area contributed by atoms with Gasteiger partial charge in [0.25, 0.3) is 0 Å². The average Bonchev–Trinajstić information content (AvgIpc) is 2.94. The number of esters is 1. The Labute approximate surface area is 220 Å². The van der Waals surface area contributed by atoms with Crippen molar-refractivity contribution in [3.05, 3.63) is 95.9 Å². The lowest BCUT2D eigenvalue weighted by Crippen LogP contribution is -2.21. The van der Waals surface area contributed by atoms with Crippen molar-refractivity contribution in [1.82, 2.24) is 0 Å².